The Hall–Kier alpha value is -3.15. The number of hydrogen-bond donors (Lipinski definition) is 2. The van der Waals surface area contributed by atoms with Crippen LogP contribution in [-0.4, -0.2) is 35.2 Å². The van der Waals surface area contributed by atoms with Crippen molar-refractivity contribution >= 4 is 29.1 Å². The Morgan fingerprint density at radius 2 is 1.52 bits per heavy atom. The average Bonchev–Trinajstić information content (AvgIpc) is 3.44. The summed E-state index contributed by atoms with van der Waals surface area (Å²) in [7, 11) is 0. The minimum absolute atomic E-state index is 0.0147. The molecule has 33 heavy (non-hydrogen) atoms. The van der Waals surface area contributed by atoms with Crippen LogP contribution in [0.3, 0.4) is 0 Å². The maximum atomic E-state index is 13.0. The van der Waals surface area contributed by atoms with Gasteiger partial charge in [0.15, 0.2) is 0 Å². The Labute approximate surface area is 195 Å². The third-order valence-corrected chi connectivity index (χ3v) is 6.74. The monoisotopic (exact) mass is 447 g/mol. The number of hydrogen-bond acceptors (Lipinski definition) is 3. The van der Waals surface area contributed by atoms with E-state index < -0.39 is 0 Å². The number of nitrogens with zero attached hydrogens (tertiary/aromatic N) is 1. The molecule has 1 atom stereocenters. The number of benzene rings is 2. The van der Waals surface area contributed by atoms with Crippen LogP contribution in [0.25, 0.3) is 0 Å². The Morgan fingerprint density at radius 1 is 0.909 bits per heavy atom. The van der Waals surface area contributed by atoms with Gasteiger partial charge in [-0.05, 0) is 48.1 Å². The number of amides is 3. The first kappa shape index (κ1) is 23.0. The van der Waals surface area contributed by atoms with Crippen LogP contribution in [-0.2, 0) is 15.0 Å². The lowest BCUT2D eigenvalue weighted by Crippen LogP contribution is -2.35. The Morgan fingerprint density at radius 3 is 2.12 bits per heavy atom. The molecular weight excluding hydrogens is 414 g/mol. The van der Waals surface area contributed by atoms with E-state index in [1.54, 1.807) is 12.1 Å². The highest BCUT2D eigenvalue weighted by molar-refractivity contribution is 6.07. The smallest absolute Gasteiger partial charge is 0.255 e. The zero-order valence-corrected chi connectivity index (χ0v) is 19.7. The molecule has 2 N–H and O–H groups in total. The fraction of sp³-hybridized carbons (Fsp3) is 0.444. The molecule has 2 fully saturated rings. The van der Waals surface area contributed by atoms with E-state index in [9.17, 15) is 14.4 Å². The second kappa shape index (κ2) is 9.38. The number of para-hydroxylation sites is 2. The topological polar surface area (TPSA) is 78.5 Å². The summed E-state index contributed by atoms with van der Waals surface area (Å²) in [6.07, 6.45) is 4.61. The maximum Gasteiger partial charge on any atom is 0.255 e. The molecule has 174 valence electrons. The highest BCUT2D eigenvalue weighted by Gasteiger charge is 2.38. The molecule has 0 spiro atoms. The van der Waals surface area contributed by atoms with Crippen LogP contribution in [0, 0.1) is 5.92 Å². The van der Waals surface area contributed by atoms with Crippen molar-refractivity contribution in [2.45, 2.75) is 64.3 Å². The van der Waals surface area contributed by atoms with Crippen molar-refractivity contribution in [3.8, 4) is 0 Å². The van der Waals surface area contributed by atoms with Gasteiger partial charge in [0.1, 0.15) is 0 Å². The fourth-order valence-electron chi connectivity index (χ4n) is 4.73. The lowest BCUT2D eigenvalue weighted by Gasteiger charge is -2.24. The Kier molecular flexibility index (Phi) is 6.54. The van der Waals surface area contributed by atoms with Crippen LogP contribution in [0.15, 0.2) is 48.5 Å². The molecule has 1 aliphatic heterocycles. The fourth-order valence-corrected chi connectivity index (χ4v) is 4.73. The van der Waals surface area contributed by atoms with E-state index in [4.69, 9.17) is 0 Å². The first-order chi connectivity index (χ1) is 15.7. The lowest BCUT2D eigenvalue weighted by atomic mass is 9.87. The molecule has 2 aromatic carbocycles. The molecule has 0 aromatic heterocycles. The number of nitrogens with one attached hydrogen (secondary N) is 2. The minimum Gasteiger partial charge on any atom is -0.339 e. The molecule has 1 saturated carbocycles. The second-order valence-corrected chi connectivity index (χ2v) is 10.2. The van der Waals surface area contributed by atoms with E-state index in [2.05, 4.69) is 31.4 Å². The largest absolute Gasteiger partial charge is 0.339 e. The first-order valence-corrected chi connectivity index (χ1v) is 11.8. The summed E-state index contributed by atoms with van der Waals surface area (Å²) >= 11 is 0. The molecule has 6 heteroatoms. The predicted molar refractivity (Wildman–Crippen MR) is 130 cm³/mol. The van der Waals surface area contributed by atoms with E-state index >= 15 is 0 Å². The molecule has 2 aromatic rings. The highest BCUT2D eigenvalue weighted by Crippen LogP contribution is 2.31. The van der Waals surface area contributed by atoms with Crippen molar-refractivity contribution in [2.75, 3.05) is 17.2 Å². The van der Waals surface area contributed by atoms with Crippen molar-refractivity contribution in [3.63, 3.8) is 0 Å². The van der Waals surface area contributed by atoms with Crippen LogP contribution in [0.1, 0.15) is 68.8 Å². The minimum atomic E-state index is -0.369. The molecule has 1 aliphatic carbocycles. The van der Waals surface area contributed by atoms with Gasteiger partial charge in [0, 0.05) is 24.6 Å². The van der Waals surface area contributed by atoms with Gasteiger partial charge in [-0.1, -0.05) is 57.9 Å². The van der Waals surface area contributed by atoms with Crippen molar-refractivity contribution in [3.05, 3.63) is 59.7 Å². The van der Waals surface area contributed by atoms with Gasteiger partial charge >= 0.3 is 0 Å². The molecule has 0 bridgehead atoms. The average molecular weight is 448 g/mol. The first-order valence-electron chi connectivity index (χ1n) is 11.8. The van der Waals surface area contributed by atoms with Crippen LogP contribution in [0.5, 0.6) is 0 Å². The Balaban J connectivity index is 1.42. The van der Waals surface area contributed by atoms with E-state index in [1.165, 1.54) is 0 Å². The summed E-state index contributed by atoms with van der Waals surface area (Å²) in [5.74, 6) is -0.713. The van der Waals surface area contributed by atoms with Crippen molar-refractivity contribution < 1.29 is 14.4 Å². The van der Waals surface area contributed by atoms with Crippen LogP contribution >= 0.6 is 0 Å². The molecule has 1 heterocycles. The van der Waals surface area contributed by atoms with Gasteiger partial charge in [0.25, 0.3) is 5.91 Å². The predicted octanol–water partition coefficient (Wildman–Crippen LogP) is 4.97. The van der Waals surface area contributed by atoms with Gasteiger partial charge in [-0.2, -0.15) is 0 Å². The van der Waals surface area contributed by atoms with Crippen LogP contribution in [0.2, 0.25) is 0 Å². The zero-order valence-electron chi connectivity index (χ0n) is 19.7. The van der Waals surface area contributed by atoms with Crippen molar-refractivity contribution in [2.24, 2.45) is 5.92 Å². The van der Waals surface area contributed by atoms with E-state index in [1.807, 2.05) is 41.3 Å². The van der Waals surface area contributed by atoms with Gasteiger partial charge in [-0.25, -0.2) is 0 Å². The van der Waals surface area contributed by atoms with Crippen molar-refractivity contribution in [1.82, 2.24) is 4.90 Å². The van der Waals surface area contributed by atoms with Gasteiger partial charge in [0.05, 0.1) is 17.3 Å². The number of rotatable bonds is 5. The zero-order chi connectivity index (χ0) is 23.6. The summed E-state index contributed by atoms with van der Waals surface area (Å²) in [4.78, 5) is 40.2. The van der Waals surface area contributed by atoms with Gasteiger partial charge in [-0.15, -0.1) is 0 Å². The number of anilines is 2. The SMILES string of the molecule is CC(C)(C)c1ccc(C(=O)Nc2ccccc2NC(=O)C2CC(=O)N(C3CCCC3)C2)cc1. The molecule has 0 radical (unpaired) electrons. The van der Waals surface area contributed by atoms with Crippen molar-refractivity contribution in [1.29, 1.82) is 0 Å². The molecule has 2 aliphatic rings. The molecule has 1 unspecified atom stereocenters. The summed E-state index contributed by atoms with van der Waals surface area (Å²) < 4.78 is 0. The Bertz CT molecular complexity index is 1030. The number of carbonyl (C=O) groups excluding carboxylic acids is 3. The van der Waals surface area contributed by atoms with Crippen LogP contribution < -0.4 is 10.6 Å². The van der Waals surface area contributed by atoms with Gasteiger partial charge in [0.2, 0.25) is 11.8 Å². The molecular formula is C27H33N3O3. The summed E-state index contributed by atoms with van der Waals surface area (Å²) in [5, 5.41) is 5.85. The van der Waals surface area contributed by atoms with Gasteiger partial charge in [-0.3, -0.25) is 14.4 Å². The highest BCUT2D eigenvalue weighted by atomic mass is 16.2. The molecule has 6 nitrogen and oxygen atoms in total. The summed E-state index contributed by atoms with van der Waals surface area (Å²) in [5.41, 5.74) is 2.80. The van der Waals surface area contributed by atoms with E-state index in [0.29, 0.717) is 23.5 Å². The van der Waals surface area contributed by atoms with E-state index in [-0.39, 0.29) is 41.5 Å². The quantitative estimate of drug-likeness (QED) is 0.680. The summed E-state index contributed by atoms with van der Waals surface area (Å²) in [6, 6.07) is 15.0. The molecule has 4 rings (SSSR count). The van der Waals surface area contributed by atoms with Gasteiger partial charge < -0.3 is 15.5 Å². The standard InChI is InChI=1S/C27H33N3O3/c1-27(2,3)20-14-12-18(13-15-20)25(32)28-22-10-6-7-11-23(22)29-26(33)19-16-24(31)30(17-19)21-8-4-5-9-21/h6-7,10-15,19,21H,4-5,8-9,16-17H2,1-3H3,(H,28,32)(H,29,33). The van der Waals surface area contributed by atoms with E-state index in [0.717, 1.165) is 31.2 Å². The molecule has 1 saturated heterocycles. The third-order valence-electron chi connectivity index (χ3n) is 6.74. The number of carbonyl (C=O) groups is 3. The number of likely N-dealkylation sites (tertiary alicyclic amines) is 1. The summed E-state index contributed by atoms with van der Waals surface area (Å²) in [6.45, 7) is 6.87. The maximum absolute atomic E-state index is 13.0. The third kappa shape index (κ3) is 5.27. The van der Waals surface area contributed by atoms with Crippen LogP contribution in [0.4, 0.5) is 11.4 Å². The lowest BCUT2D eigenvalue weighted by molar-refractivity contribution is -0.129. The normalized spacial score (nSPS) is 19.1. The second-order valence-electron chi connectivity index (χ2n) is 10.2. The molecule has 3 amide bonds.